The largest absolute Gasteiger partial charge is 0.0622 e. The number of rotatable bonds is 3. The van der Waals surface area contributed by atoms with Gasteiger partial charge < -0.3 is 0 Å². The molecular formula is C20H19NaO3S. The monoisotopic (exact) mass is 362 g/mol. The Morgan fingerprint density at radius 3 is 1.36 bits per heavy atom. The van der Waals surface area contributed by atoms with Gasteiger partial charge in [-0.1, -0.05) is 91.0 Å². The van der Waals surface area contributed by atoms with Gasteiger partial charge in [0.1, 0.15) is 0 Å². The third-order valence-electron chi connectivity index (χ3n) is 3.11. The Labute approximate surface area is 171 Å². The zero-order valence-electron chi connectivity index (χ0n) is 13.0. The summed E-state index contributed by atoms with van der Waals surface area (Å²) < 4.78 is 28.9. The Kier molecular flexibility index (Phi) is 9.42. The van der Waals surface area contributed by atoms with Crippen molar-refractivity contribution in [2.75, 3.05) is 0 Å². The molecule has 0 aromatic heterocycles. The van der Waals surface area contributed by atoms with Crippen LogP contribution in [-0.4, -0.2) is 42.5 Å². The molecule has 0 fully saturated rings. The number of hydrogen-bond acceptors (Lipinski definition) is 2. The molecule has 3 nitrogen and oxygen atoms in total. The summed E-state index contributed by atoms with van der Waals surface area (Å²) in [4.78, 5) is 0. The van der Waals surface area contributed by atoms with Gasteiger partial charge >= 0.3 is 29.6 Å². The molecule has 0 amide bonds. The summed E-state index contributed by atoms with van der Waals surface area (Å²) in [5, 5.41) is 0.752. The quantitative estimate of drug-likeness (QED) is 0.560. The van der Waals surface area contributed by atoms with Gasteiger partial charge in [-0.3, -0.25) is 4.55 Å². The fourth-order valence-electron chi connectivity index (χ4n) is 1.99. The molecule has 0 radical (unpaired) electrons. The standard InChI is InChI=1S/C12H10.C8H8O3S.Na.H/c1-3-7-11(8-4-1)12-9-5-2-6-10-12;9-12(10,11)7-6-8-4-2-1-3-5-8;;/h1-10H;1-7H,(H,9,10,11);;. The Morgan fingerprint density at radius 1 is 0.640 bits per heavy atom. The second-order valence-corrected chi connectivity index (χ2v) is 6.26. The SMILES string of the molecule is O=S(=O)(O)C=Cc1ccccc1.[NaH].c1ccc(-c2ccccc2)cc1. The number of benzene rings is 3. The molecule has 3 aromatic carbocycles. The minimum absolute atomic E-state index is 0. The smallest absolute Gasteiger partial charge is 0.0184 e. The van der Waals surface area contributed by atoms with Crippen LogP contribution in [0, 0.1) is 0 Å². The summed E-state index contributed by atoms with van der Waals surface area (Å²) in [6.45, 7) is 0. The van der Waals surface area contributed by atoms with E-state index < -0.39 is 10.1 Å². The van der Waals surface area contributed by atoms with Gasteiger partial charge in [0.25, 0.3) is 10.1 Å². The maximum atomic E-state index is 10.3. The van der Waals surface area contributed by atoms with Gasteiger partial charge in [-0.25, -0.2) is 0 Å². The molecule has 0 heterocycles. The van der Waals surface area contributed by atoms with Gasteiger partial charge in [0.15, 0.2) is 0 Å². The molecule has 0 unspecified atom stereocenters. The van der Waals surface area contributed by atoms with Crippen molar-refractivity contribution < 1.29 is 13.0 Å². The first-order valence-corrected chi connectivity index (χ1v) is 8.86. The first kappa shape index (κ1) is 21.4. The Balaban J connectivity index is 0.000000240. The van der Waals surface area contributed by atoms with Gasteiger partial charge in [0.05, 0.1) is 5.41 Å². The summed E-state index contributed by atoms with van der Waals surface area (Å²) in [6, 6.07) is 29.6. The van der Waals surface area contributed by atoms with Crippen molar-refractivity contribution in [3.8, 4) is 11.1 Å². The average molecular weight is 362 g/mol. The van der Waals surface area contributed by atoms with E-state index in [2.05, 4.69) is 48.5 Å². The van der Waals surface area contributed by atoms with Crippen LogP contribution in [0.3, 0.4) is 0 Å². The predicted molar refractivity (Wildman–Crippen MR) is 106 cm³/mol. The van der Waals surface area contributed by atoms with E-state index in [1.54, 1.807) is 24.3 Å². The average Bonchev–Trinajstić information content (AvgIpc) is 2.62. The van der Waals surface area contributed by atoms with Crippen molar-refractivity contribution in [1.82, 2.24) is 0 Å². The van der Waals surface area contributed by atoms with Crippen LogP contribution in [0.5, 0.6) is 0 Å². The molecule has 3 aromatic rings. The summed E-state index contributed by atoms with van der Waals surface area (Å²) in [7, 11) is -4.00. The van der Waals surface area contributed by atoms with Gasteiger partial charge in [-0.15, -0.1) is 0 Å². The van der Waals surface area contributed by atoms with Crippen LogP contribution in [0.15, 0.2) is 96.4 Å². The summed E-state index contributed by atoms with van der Waals surface area (Å²) in [6.07, 6.45) is 1.33. The molecule has 0 aliphatic heterocycles. The van der Waals surface area contributed by atoms with Gasteiger partial charge in [-0.05, 0) is 22.8 Å². The van der Waals surface area contributed by atoms with Crippen LogP contribution in [0.25, 0.3) is 17.2 Å². The van der Waals surface area contributed by atoms with Crippen LogP contribution >= 0.6 is 0 Å². The zero-order chi connectivity index (χ0) is 17.3. The molecule has 0 aliphatic rings. The van der Waals surface area contributed by atoms with E-state index in [1.807, 2.05) is 18.2 Å². The third kappa shape index (κ3) is 8.82. The molecule has 124 valence electrons. The number of hydrogen-bond donors (Lipinski definition) is 1. The van der Waals surface area contributed by atoms with E-state index in [9.17, 15) is 8.42 Å². The Morgan fingerprint density at radius 2 is 1.00 bits per heavy atom. The minimum Gasteiger partial charge on any atom is -0.0622 e. The molecule has 0 spiro atoms. The molecule has 0 atom stereocenters. The van der Waals surface area contributed by atoms with Crippen LogP contribution in [0.2, 0.25) is 0 Å². The van der Waals surface area contributed by atoms with Crippen LogP contribution in [0.4, 0.5) is 0 Å². The van der Waals surface area contributed by atoms with E-state index in [4.69, 9.17) is 4.55 Å². The van der Waals surface area contributed by atoms with Gasteiger partial charge in [-0.2, -0.15) is 8.42 Å². The van der Waals surface area contributed by atoms with Crippen molar-refractivity contribution in [3.05, 3.63) is 102 Å². The third-order valence-corrected chi connectivity index (χ3v) is 3.59. The van der Waals surface area contributed by atoms with Crippen LogP contribution < -0.4 is 0 Å². The van der Waals surface area contributed by atoms with Gasteiger partial charge in [0, 0.05) is 0 Å². The molecule has 0 saturated heterocycles. The van der Waals surface area contributed by atoms with Crippen LogP contribution in [0.1, 0.15) is 5.56 Å². The van der Waals surface area contributed by atoms with Crippen molar-refractivity contribution in [1.29, 1.82) is 0 Å². The summed E-state index contributed by atoms with van der Waals surface area (Å²) in [5.41, 5.74) is 3.28. The van der Waals surface area contributed by atoms with E-state index in [0.717, 1.165) is 11.0 Å². The molecular weight excluding hydrogens is 343 g/mol. The van der Waals surface area contributed by atoms with Crippen molar-refractivity contribution >= 4 is 45.8 Å². The molecule has 3 rings (SSSR count). The Hall–Kier alpha value is -1.69. The molecule has 25 heavy (non-hydrogen) atoms. The van der Waals surface area contributed by atoms with E-state index in [0.29, 0.717) is 0 Å². The van der Waals surface area contributed by atoms with E-state index in [1.165, 1.54) is 17.2 Å². The molecule has 5 heteroatoms. The minimum atomic E-state index is -4.00. The van der Waals surface area contributed by atoms with E-state index in [-0.39, 0.29) is 29.6 Å². The van der Waals surface area contributed by atoms with Crippen molar-refractivity contribution in [2.24, 2.45) is 0 Å². The van der Waals surface area contributed by atoms with E-state index >= 15 is 0 Å². The molecule has 0 aliphatic carbocycles. The topological polar surface area (TPSA) is 54.4 Å². The van der Waals surface area contributed by atoms with Crippen LogP contribution in [-0.2, 0) is 10.1 Å². The first-order chi connectivity index (χ1) is 11.5. The maximum Gasteiger partial charge on any atom is -0.0184 e. The first-order valence-electron chi connectivity index (χ1n) is 7.36. The fourth-order valence-corrected chi connectivity index (χ4v) is 2.32. The predicted octanol–water partition coefficient (Wildman–Crippen LogP) is 4.25. The molecule has 0 saturated carbocycles. The second-order valence-electron chi connectivity index (χ2n) is 4.96. The Bertz CT molecular complexity index is 825. The molecule has 0 bridgehead atoms. The normalized spacial score (nSPS) is 10.4. The maximum absolute atomic E-state index is 10.3. The summed E-state index contributed by atoms with van der Waals surface area (Å²) >= 11 is 0. The van der Waals surface area contributed by atoms with Crippen molar-refractivity contribution in [2.45, 2.75) is 0 Å². The van der Waals surface area contributed by atoms with Gasteiger partial charge in [0.2, 0.25) is 0 Å². The zero-order valence-corrected chi connectivity index (χ0v) is 13.8. The van der Waals surface area contributed by atoms with Crippen molar-refractivity contribution in [3.63, 3.8) is 0 Å². The summed E-state index contributed by atoms with van der Waals surface area (Å²) in [5.74, 6) is 0. The molecule has 1 N–H and O–H groups in total. The fraction of sp³-hybridized carbons (Fsp3) is 0. The second kappa shape index (κ2) is 11.0.